The van der Waals surface area contributed by atoms with Crippen LogP contribution in [0.4, 0.5) is 0 Å². The molecule has 1 aromatic heterocycles. The van der Waals surface area contributed by atoms with Crippen LogP contribution < -0.4 is 0 Å². The number of hydrogen-bond donors (Lipinski definition) is 0. The summed E-state index contributed by atoms with van der Waals surface area (Å²) < 4.78 is 0. The molecule has 2 heteroatoms. The predicted molar refractivity (Wildman–Crippen MR) is 60.2 cm³/mol. The SMILES string of the molecule is CC(Br)CC(C)Cc1cccs1. The summed E-state index contributed by atoms with van der Waals surface area (Å²) in [6, 6.07) is 4.35. The van der Waals surface area contributed by atoms with Crippen molar-refractivity contribution < 1.29 is 0 Å². The average Bonchev–Trinajstić information content (AvgIpc) is 2.37. The fraction of sp³-hybridized carbons (Fsp3) is 0.600. The molecular weight excluding hydrogens is 232 g/mol. The zero-order valence-electron chi connectivity index (χ0n) is 7.59. The summed E-state index contributed by atoms with van der Waals surface area (Å²) in [5.74, 6) is 0.790. The molecule has 0 N–H and O–H groups in total. The zero-order chi connectivity index (χ0) is 8.97. The molecular formula is C10H15BrS. The lowest BCUT2D eigenvalue weighted by atomic mass is 10.0. The Hall–Kier alpha value is 0.180. The van der Waals surface area contributed by atoms with Crippen molar-refractivity contribution in [2.24, 2.45) is 5.92 Å². The van der Waals surface area contributed by atoms with E-state index in [1.54, 1.807) is 0 Å². The Kier molecular flexibility index (Phi) is 4.30. The molecule has 2 unspecified atom stereocenters. The molecule has 0 amide bonds. The third-order valence-electron chi connectivity index (χ3n) is 1.86. The average molecular weight is 247 g/mol. The van der Waals surface area contributed by atoms with Gasteiger partial charge in [0.05, 0.1) is 0 Å². The highest BCUT2D eigenvalue weighted by Crippen LogP contribution is 2.19. The van der Waals surface area contributed by atoms with Gasteiger partial charge in [0, 0.05) is 9.70 Å². The van der Waals surface area contributed by atoms with E-state index in [0.717, 1.165) is 5.92 Å². The minimum Gasteiger partial charge on any atom is -0.149 e. The lowest BCUT2D eigenvalue weighted by molar-refractivity contribution is 0.537. The minimum atomic E-state index is 0.646. The van der Waals surface area contributed by atoms with E-state index in [-0.39, 0.29) is 0 Å². The normalized spacial score (nSPS) is 15.9. The lowest BCUT2D eigenvalue weighted by Gasteiger charge is -2.11. The minimum absolute atomic E-state index is 0.646. The molecule has 0 nitrogen and oxygen atoms in total. The van der Waals surface area contributed by atoms with Gasteiger partial charge in [0.25, 0.3) is 0 Å². The Morgan fingerprint density at radius 3 is 2.75 bits per heavy atom. The van der Waals surface area contributed by atoms with Gasteiger partial charge in [-0.2, -0.15) is 0 Å². The highest BCUT2D eigenvalue weighted by molar-refractivity contribution is 9.09. The molecule has 0 saturated carbocycles. The van der Waals surface area contributed by atoms with E-state index in [1.807, 2.05) is 11.3 Å². The third-order valence-corrected chi connectivity index (χ3v) is 3.13. The summed E-state index contributed by atoms with van der Waals surface area (Å²) in [5.41, 5.74) is 0. The molecule has 1 heterocycles. The van der Waals surface area contributed by atoms with E-state index >= 15 is 0 Å². The Balaban J connectivity index is 2.32. The largest absolute Gasteiger partial charge is 0.149 e. The molecule has 0 fully saturated rings. The van der Waals surface area contributed by atoms with Crippen molar-refractivity contribution in [1.29, 1.82) is 0 Å². The van der Waals surface area contributed by atoms with Crippen molar-refractivity contribution in [3.63, 3.8) is 0 Å². The van der Waals surface area contributed by atoms with E-state index in [2.05, 4.69) is 47.3 Å². The highest BCUT2D eigenvalue weighted by Gasteiger charge is 2.07. The van der Waals surface area contributed by atoms with E-state index in [9.17, 15) is 0 Å². The van der Waals surface area contributed by atoms with Gasteiger partial charge in [-0.3, -0.25) is 0 Å². The second kappa shape index (κ2) is 5.03. The van der Waals surface area contributed by atoms with Gasteiger partial charge in [0.15, 0.2) is 0 Å². The molecule has 0 spiro atoms. The van der Waals surface area contributed by atoms with Crippen LogP contribution >= 0.6 is 27.3 Å². The van der Waals surface area contributed by atoms with Crippen molar-refractivity contribution in [2.45, 2.75) is 31.5 Å². The monoisotopic (exact) mass is 246 g/mol. The van der Waals surface area contributed by atoms with Crippen LogP contribution in [-0.4, -0.2) is 4.83 Å². The fourth-order valence-corrected chi connectivity index (χ4v) is 2.92. The first-order valence-corrected chi connectivity index (χ1v) is 6.14. The van der Waals surface area contributed by atoms with Gasteiger partial charge in [-0.15, -0.1) is 11.3 Å². The maximum Gasteiger partial charge on any atom is 0.0120 e. The molecule has 0 saturated heterocycles. The topological polar surface area (TPSA) is 0 Å². The summed E-state index contributed by atoms with van der Waals surface area (Å²) in [5, 5.41) is 2.15. The Labute approximate surface area is 87.1 Å². The van der Waals surface area contributed by atoms with E-state index < -0.39 is 0 Å². The molecule has 1 rings (SSSR count). The standard InChI is InChI=1S/C10H15BrS/c1-8(6-9(2)11)7-10-4-3-5-12-10/h3-5,8-9H,6-7H2,1-2H3. The summed E-state index contributed by atoms with van der Waals surface area (Å²) in [6.45, 7) is 4.53. The summed E-state index contributed by atoms with van der Waals surface area (Å²) in [7, 11) is 0. The number of halogens is 1. The first-order chi connectivity index (χ1) is 5.68. The number of rotatable bonds is 4. The van der Waals surface area contributed by atoms with Gasteiger partial charge < -0.3 is 0 Å². The van der Waals surface area contributed by atoms with Crippen molar-refractivity contribution in [1.82, 2.24) is 0 Å². The van der Waals surface area contributed by atoms with Gasteiger partial charge in [-0.25, -0.2) is 0 Å². The van der Waals surface area contributed by atoms with Gasteiger partial charge in [0.2, 0.25) is 0 Å². The third kappa shape index (κ3) is 3.72. The smallest absolute Gasteiger partial charge is 0.0120 e. The maximum absolute atomic E-state index is 3.58. The number of thiophene rings is 1. The van der Waals surface area contributed by atoms with Crippen molar-refractivity contribution in [3.05, 3.63) is 22.4 Å². The number of hydrogen-bond acceptors (Lipinski definition) is 1. The van der Waals surface area contributed by atoms with Crippen LogP contribution in [-0.2, 0) is 6.42 Å². The van der Waals surface area contributed by atoms with Crippen LogP contribution in [0.25, 0.3) is 0 Å². The van der Waals surface area contributed by atoms with Crippen LogP contribution in [0.15, 0.2) is 17.5 Å². The summed E-state index contributed by atoms with van der Waals surface area (Å²) in [6.07, 6.45) is 2.49. The molecule has 0 radical (unpaired) electrons. The van der Waals surface area contributed by atoms with Crippen LogP contribution in [0.2, 0.25) is 0 Å². The van der Waals surface area contributed by atoms with Gasteiger partial charge in [-0.05, 0) is 30.2 Å². The van der Waals surface area contributed by atoms with Crippen LogP contribution in [0.3, 0.4) is 0 Å². The second-order valence-corrected chi connectivity index (χ2v) is 6.00. The molecule has 2 atom stereocenters. The molecule has 1 aromatic rings. The van der Waals surface area contributed by atoms with Crippen molar-refractivity contribution in [3.8, 4) is 0 Å². The Morgan fingerprint density at radius 2 is 2.25 bits per heavy atom. The molecule has 12 heavy (non-hydrogen) atoms. The van der Waals surface area contributed by atoms with E-state index in [4.69, 9.17) is 0 Å². The molecule has 0 aromatic carbocycles. The van der Waals surface area contributed by atoms with Gasteiger partial charge in [-0.1, -0.05) is 35.8 Å². The predicted octanol–water partition coefficient (Wildman–Crippen LogP) is 4.10. The molecule has 0 aliphatic heterocycles. The first-order valence-electron chi connectivity index (χ1n) is 4.35. The van der Waals surface area contributed by atoms with Crippen LogP contribution in [0.5, 0.6) is 0 Å². The summed E-state index contributed by atoms with van der Waals surface area (Å²) in [4.78, 5) is 2.16. The van der Waals surface area contributed by atoms with Gasteiger partial charge in [0.1, 0.15) is 0 Å². The zero-order valence-corrected chi connectivity index (χ0v) is 9.99. The van der Waals surface area contributed by atoms with E-state index in [1.165, 1.54) is 17.7 Å². The quantitative estimate of drug-likeness (QED) is 0.702. The summed E-state index contributed by atoms with van der Waals surface area (Å²) >= 11 is 5.45. The first kappa shape index (κ1) is 10.3. The van der Waals surface area contributed by atoms with Crippen LogP contribution in [0, 0.1) is 5.92 Å². The second-order valence-electron chi connectivity index (χ2n) is 3.41. The molecule has 0 bridgehead atoms. The maximum atomic E-state index is 3.58. The van der Waals surface area contributed by atoms with Crippen molar-refractivity contribution >= 4 is 27.3 Å². The Bertz CT molecular complexity index is 204. The lowest BCUT2D eigenvalue weighted by Crippen LogP contribution is -2.03. The highest BCUT2D eigenvalue weighted by atomic mass is 79.9. The Morgan fingerprint density at radius 1 is 1.50 bits per heavy atom. The van der Waals surface area contributed by atoms with Crippen molar-refractivity contribution in [2.75, 3.05) is 0 Å². The number of alkyl halides is 1. The van der Waals surface area contributed by atoms with Gasteiger partial charge >= 0.3 is 0 Å². The molecule has 68 valence electrons. The van der Waals surface area contributed by atoms with E-state index in [0.29, 0.717) is 4.83 Å². The fourth-order valence-electron chi connectivity index (χ4n) is 1.41. The van der Waals surface area contributed by atoms with Crippen LogP contribution in [0.1, 0.15) is 25.1 Å². The molecule has 0 aliphatic carbocycles. The molecule has 0 aliphatic rings.